The van der Waals surface area contributed by atoms with Crippen LogP contribution in [-0.4, -0.2) is 11.5 Å². The van der Waals surface area contributed by atoms with Gasteiger partial charge in [0, 0.05) is 12.4 Å². The Hall–Kier alpha value is -1.10. The van der Waals surface area contributed by atoms with E-state index in [1.54, 1.807) is 0 Å². The minimum atomic E-state index is -4.31. The highest BCUT2D eigenvalue weighted by Crippen LogP contribution is 2.49. The molecule has 1 aliphatic carbocycles. The smallest absolute Gasteiger partial charge is 0.330 e. The molecule has 0 saturated heterocycles. The predicted molar refractivity (Wildman–Crippen MR) is 49.1 cm³/mol. The standard InChI is InChI=1S/C10H11F3N2/c11-10(12,13)9-5-15-2-1-7(9)8-3-6(8)4-14/h1-2,5-6,8H,3-4,14H2. The zero-order chi connectivity index (χ0) is 11.1. The van der Waals surface area contributed by atoms with E-state index in [2.05, 4.69) is 4.98 Å². The van der Waals surface area contributed by atoms with Crippen molar-refractivity contribution in [2.75, 3.05) is 6.54 Å². The molecule has 2 atom stereocenters. The topological polar surface area (TPSA) is 38.9 Å². The number of hydrogen-bond acceptors (Lipinski definition) is 2. The van der Waals surface area contributed by atoms with E-state index in [9.17, 15) is 13.2 Å². The van der Waals surface area contributed by atoms with Crippen LogP contribution in [0.2, 0.25) is 0 Å². The lowest BCUT2D eigenvalue weighted by atomic mass is 10.0. The molecule has 2 rings (SSSR count). The van der Waals surface area contributed by atoms with Crippen molar-refractivity contribution in [3.05, 3.63) is 29.6 Å². The maximum Gasteiger partial charge on any atom is 0.418 e. The maximum atomic E-state index is 12.6. The Morgan fingerprint density at radius 1 is 1.47 bits per heavy atom. The summed E-state index contributed by atoms with van der Waals surface area (Å²) in [7, 11) is 0. The Morgan fingerprint density at radius 3 is 2.73 bits per heavy atom. The molecule has 1 saturated carbocycles. The quantitative estimate of drug-likeness (QED) is 0.822. The summed E-state index contributed by atoms with van der Waals surface area (Å²) in [6.07, 6.45) is -1.27. The number of rotatable bonds is 2. The number of halogens is 3. The summed E-state index contributed by atoms with van der Waals surface area (Å²) >= 11 is 0. The summed E-state index contributed by atoms with van der Waals surface area (Å²) in [4.78, 5) is 3.52. The minimum Gasteiger partial charge on any atom is -0.330 e. The van der Waals surface area contributed by atoms with Crippen LogP contribution >= 0.6 is 0 Å². The van der Waals surface area contributed by atoms with Crippen molar-refractivity contribution >= 4 is 0 Å². The van der Waals surface area contributed by atoms with Gasteiger partial charge in [-0.05, 0) is 36.4 Å². The van der Waals surface area contributed by atoms with E-state index < -0.39 is 11.7 Å². The molecule has 2 nitrogen and oxygen atoms in total. The molecule has 0 bridgehead atoms. The molecule has 0 radical (unpaired) electrons. The van der Waals surface area contributed by atoms with Crippen molar-refractivity contribution in [3.8, 4) is 0 Å². The highest BCUT2D eigenvalue weighted by Gasteiger charge is 2.43. The van der Waals surface area contributed by atoms with Gasteiger partial charge in [0.2, 0.25) is 0 Å². The van der Waals surface area contributed by atoms with Gasteiger partial charge in [-0.15, -0.1) is 0 Å². The Bertz CT molecular complexity index is 362. The summed E-state index contributed by atoms with van der Waals surface area (Å²) in [6.45, 7) is 0.449. The fraction of sp³-hybridized carbons (Fsp3) is 0.500. The third-order valence-electron chi connectivity index (χ3n) is 2.79. The van der Waals surface area contributed by atoms with Crippen LogP contribution in [-0.2, 0) is 6.18 Å². The highest BCUT2D eigenvalue weighted by atomic mass is 19.4. The second kappa shape index (κ2) is 3.48. The van der Waals surface area contributed by atoms with E-state index in [-0.39, 0.29) is 11.8 Å². The van der Waals surface area contributed by atoms with Crippen LogP contribution in [0, 0.1) is 5.92 Å². The average molecular weight is 216 g/mol. The van der Waals surface area contributed by atoms with Crippen LogP contribution in [0.15, 0.2) is 18.5 Å². The van der Waals surface area contributed by atoms with Gasteiger partial charge in [-0.3, -0.25) is 4.98 Å². The van der Waals surface area contributed by atoms with Crippen molar-refractivity contribution in [2.24, 2.45) is 11.7 Å². The largest absolute Gasteiger partial charge is 0.418 e. The van der Waals surface area contributed by atoms with Crippen molar-refractivity contribution in [1.82, 2.24) is 4.98 Å². The molecule has 82 valence electrons. The molecule has 1 fully saturated rings. The number of aromatic nitrogens is 1. The van der Waals surface area contributed by atoms with E-state index in [1.165, 1.54) is 12.3 Å². The highest BCUT2D eigenvalue weighted by molar-refractivity contribution is 5.34. The zero-order valence-electron chi connectivity index (χ0n) is 7.96. The Balaban J connectivity index is 2.32. The SMILES string of the molecule is NCC1CC1c1ccncc1C(F)(F)F. The fourth-order valence-corrected chi connectivity index (χ4v) is 1.85. The van der Waals surface area contributed by atoms with Crippen LogP contribution in [0.4, 0.5) is 13.2 Å². The molecular weight excluding hydrogens is 205 g/mol. The van der Waals surface area contributed by atoms with Crippen molar-refractivity contribution in [2.45, 2.75) is 18.5 Å². The van der Waals surface area contributed by atoms with Crippen LogP contribution in [0.25, 0.3) is 0 Å². The predicted octanol–water partition coefficient (Wildman–Crippen LogP) is 2.16. The fourth-order valence-electron chi connectivity index (χ4n) is 1.85. The lowest BCUT2D eigenvalue weighted by Crippen LogP contribution is -2.10. The molecular formula is C10H11F3N2. The molecule has 2 N–H and O–H groups in total. The van der Waals surface area contributed by atoms with E-state index in [1.807, 2.05) is 0 Å². The van der Waals surface area contributed by atoms with Gasteiger partial charge in [0.15, 0.2) is 0 Å². The first-order valence-corrected chi connectivity index (χ1v) is 4.75. The van der Waals surface area contributed by atoms with E-state index >= 15 is 0 Å². The summed E-state index contributed by atoms with van der Waals surface area (Å²) in [5, 5.41) is 0. The van der Waals surface area contributed by atoms with Crippen molar-refractivity contribution < 1.29 is 13.2 Å². The third kappa shape index (κ3) is 1.97. The Kier molecular flexibility index (Phi) is 2.42. The van der Waals surface area contributed by atoms with Gasteiger partial charge < -0.3 is 5.73 Å². The van der Waals surface area contributed by atoms with E-state index in [4.69, 9.17) is 5.73 Å². The van der Waals surface area contributed by atoms with Crippen LogP contribution < -0.4 is 5.73 Å². The second-order valence-electron chi connectivity index (χ2n) is 3.80. The average Bonchev–Trinajstić information content (AvgIpc) is 2.95. The Morgan fingerprint density at radius 2 is 2.20 bits per heavy atom. The summed E-state index contributed by atoms with van der Waals surface area (Å²) < 4.78 is 37.8. The van der Waals surface area contributed by atoms with E-state index in [0.29, 0.717) is 12.1 Å². The molecule has 0 aromatic carbocycles. The molecule has 2 unspecified atom stereocenters. The van der Waals surface area contributed by atoms with Crippen molar-refractivity contribution in [1.29, 1.82) is 0 Å². The molecule has 1 heterocycles. The normalized spacial score (nSPS) is 25.3. The van der Waals surface area contributed by atoms with E-state index in [0.717, 1.165) is 12.6 Å². The summed E-state index contributed by atoms with van der Waals surface area (Å²) in [5.74, 6) is 0.170. The van der Waals surface area contributed by atoms with Gasteiger partial charge >= 0.3 is 6.18 Å². The molecule has 0 spiro atoms. The number of nitrogens with two attached hydrogens (primary N) is 1. The van der Waals surface area contributed by atoms with Gasteiger partial charge in [-0.2, -0.15) is 13.2 Å². The van der Waals surface area contributed by atoms with Gasteiger partial charge in [0.1, 0.15) is 0 Å². The first kappa shape index (κ1) is 10.4. The molecule has 1 aromatic heterocycles. The van der Waals surface area contributed by atoms with Crippen LogP contribution in [0.3, 0.4) is 0 Å². The minimum absolute atomic E-state index is 0.0328. The Labute approximate surface area is 85.3 Å². The van der Waals surface area contributed by atoms with Gasteiger partial charge in [0.05, 0.1) is 5.56 Å². The molecule has 0 amide bonds. The zero-order valence-corrected chi connectivity index (χ0v) is 7.96. The number of pyridine rings is 1. The number of hydrogen-bond donors (Lipinski definition) is 1. The second-order valence-corrected chi connectivity index (χ2v) is 3.80. The monoisotopic (exact) mass is 216 g/mol. The molecule has 5 heteroatoms. The number of alkyl halides is 3. The lowest BCUT2D eigenvalue weighted by Gasteiger charge is -2.11. The molecule has 0 aliphatic heterocycles. The molecule has 1 aromatic rings. The van der Waals surface area contributed by atoms with Crippen LogP contribution in [0.1, 0.15) is 23.5 Å². The molecule has 1 aliphatic rings. The third-order valence-corrected chi connectivity index (χ3v) is 2.79. The number of nitrogens with zero attached hydrogens (tertiary/aromatic N) is 1. The molecule has 15 heavy (non-hydrogen) atoms. The van der Waals surface area contributed by atoms with Gasteiger partial charge in [-0.1, -0.05) is 0 Å². The van der Waals surface area contributed by atoms with Gasteiger partial charge in [0.25, 0.3) is 0 Å². The van der Waals surface area contributed by atoms with Gasteiger partial charge in [-0.25, -0.2) is 0 Å². The van der Waals surface area contributed by atoms with Crippen molar-refractivity contribution in [3.63, 3.8) is 0 Å². The lowest BCUT2D eigenvalue weighted by molar-refractivity contribution is -0.138. The first-order chi connectivity index (χ1) is 7.04. The first-order valence-electron chi connectivity index (χ1n) is 4.75. The maximum absolute atomic E-state index is 12.6. The summed E-state index contributed by atoms with van der Waals surface area (Å²) in [5.41, 5.74) is 5.15. The summed E-state index contributed by atoms with van der Waals surface area (Å²) in [6, 6.07) is 1.45. The van der Waals surface area contributed by atoms with Crippen LogP contribution in [0.5, 0.6) is 0 Å².